The predicted molar refractivity (Wildman–Crippen MR) is 77.8 cm³/mol. The highest BCUT2D eigenvalue weighted by molar-refractivity contribution is 14.1. The second-order valence-corrected chi connectivity index (χ2v) is 5.38. The number of furan rings is 1. The summed E-state index contributed by atoms with van der Waals surface area (Å²) in [6, 6.07) is 10.9. The lowest BCUT2D eigenvalue weighted by molar-refractivity contribution is 0.439. The largest absolute Gasteiger partial charge is 0.454 e. The van der Waals surface area contributed by atoms with Crippen LogP contribution in [0.1, 0.15) is 18.2 Å². The summed E-state index contributed by atoms with van der Waals surface area (Å²) in [7, 11) is 0. The van der Waals surface area contributed by atoms with Crippen molar-refractivity contribution in [1.82, 2.24) is 5.32 Å². The van der Waals surface area contributed by atoms with E-state index in [1.807, 2.05) is 24.3 Å². The van der Waals surface area contributed by atoms with Crippen LogP contribution in [0.5, 0.6) is 0 Å². The third kappa shape index (κ3) is 4.10. The number of rotatable bonds is 5. The van der Waals surface area contributed by atoms with Gasteiger partial charge in [0.05, 0.1) is 6.54 Å². The summed E-state index contributed by atoms with van der Waals surface area (Å²) in [5, 5.41) is 3.38. The van der Waals surface area contributed by atoms with Crippen molar-refractivity contribution in [3.8, 4) is 0 Å². The van der Waals surface area contributed by atoms with Crippen molar-refractivity contribution in [2.24, 2.45) is 0 Å². The number of nitrogens with one attached hydrogen (secondary N) is 1. The van der Waals surface area contributed by atoms with Crippen LogP contribution in [-0.4, -0.2) is 6.04 Å². The van der Waals surface area contributed by atoms with Crippen molar-refractivity contribution in [1.29, 1.82) is 0 Å². The Morgan fingerprint density at radius 3 is 2.56 bits per heavy atom. The molecule has 18 heavy (non-hydrogen) atoms. The first-order valence-corrected chi connectivity index (χ1v) is 6.93. The van der Waals surface area contributed by atoms with E-state index >= 15 is 0 Å². The Morgan fingerprint density at radius 2 is 1.94 bits per heavy atom. The van der Waals surface area contributed by atoms with Crippen LogP contribution >= 0.6 is 22.6 Å². The van der Waals surface area contributed by atoms with Crippen LogP contribution in [0, 0.1) is 9.58 Å². The van der Waals surface area contributed by atoms with E-state index in [0.29, 0.717) is 12.6 Å². The lowest BCUT2D eigenvalue weighted by Crippen LogP contribution is -2.27. The van der Waals surface area contributed by atoms with Crippen LogP contribution in [0.15, 0.2) is 40.8 Å². The normalized spacial score (nSPS) is 12.6. The minimum atomic E-state index is -0.190. The molecule has 0 radical (unpaired) electrons. The topological polar surface area (TPSA) is 25.2 Å². The third-order valence-corrected chi connectivity index (χ3v) is 3.29. The van der Waals surface area contributed by atoms with Crippen LogP contribution < -0.4 is 5.32 Å². The fourth-order valence-electron chi connectivity index (χ4n) is 1.77. The van der Waals surface area contributed by atoms with Gasteiger partial charge in [-0.3, -0.25) is 0 Å². The molecule has 2 aromatic rings. The standard InChI is InChI=1S/C14H15FINO/c1-10(8-11-2-4-12(15)5-3-11)17-9-13-6-7-14(16)18-13/h2-7,10,17H,8-9H2,1H3. The van der Waals surface area contributed by atoms with E-state index in [4.69, 9.17) is 4.42 Å². The van der Waals surface area contributed by atoms with Gasteiger partial charge in [-0.1, -0.05) is 12.1 Å². The first kappa shape index (κ1) is 13.5. The Bertz CT molecular complexity index is 495. The van der Waals surface area contributed by atoms with E-state index in [9.17, 15) is 4.39 Å². The molecule has 0 amide bonds. The van der Waals surface area contributed by atoms with Gasteiger partial charge in [0.2, 0.25) is 0 Å². The monoisotopic (exact) mass is 359 g/mol. The molecule has 2 nitrogen and oxygen atoms in total. The smallest absolute Gasteiger partial charge is 0.164 e. The molecule has 1 aromatic heterocycles. The summed E-state index contributed by atoms with van der Waals surface area (Å²) in [4.78, 5) is 0. The number of halogens is 2. The van der Waals surface area contributed by atoms with Gasteiger partial charge >= 0.3 is 0 Å². The van der Waals surface area contributed by atoms with Crippen LogP contribution in [-0.2, 0) is 13.0 Å². The van der Waals surface area contributed by atoms with E-state index in [1.165, 1.54) is 12.1 Å². The quantitative estimate of drug-likeness (QED) is 0.823. The van der Waals surface area contributed by atoms with Gasteiger partial charge < -0.3 is 9.73 Å². The molecule has 1 heterocycles. The Morgan fingerprint density at radius 1 is 1.22 bits per heavy atom. The molecule has 2 rings (SSSR count). The van der Waals surface area contributed by atoms with E-state index < -0.39 is 0 Å². The third-order valence-electron chi connectivity index (χ3n) is 2.71. The van der Waals surface area contributed by atoms with E-state index in [1.54, 1.807) is 0 Å². The van der Waals surface area contributed by atoms with Crippen molar-refractivity contribution in [2.45, 2.75) is 25.9 Å². The number of hydrogen-bond acceptors (Lipinski definition) is 2. The summed E-state index contributed by atoms with van der Waals surface area (Å²) < 4.78 is 19.1. The highest BCUT2D eigenvalue weighted by atomic mass is 127. The zero-order valence-electron chi connectivity index (χ0n) is 10.1. The summed E-state index contributed by atoms with van der Waals surface area (Å²) in [5.74, 6) is 0.745. The minimum Gasteiger partial charge on any atom is -0.454 e. The number of benzene rings is 1. The van der Waals surface area contributed by atoms with Gasteiger partial charge in [0.15, 0.2) is 3.77 Å². The molecule has 0 aliphatic heterocycles. The van der Waals surface area contributed by atoms with Crippen molar-refractivity contribution >= 4 is 22.6 Å². The fraction of sp³-hybridized carbons (Fsp3) is 0.286. The first-order valence-electron chi connectivity index (χ1n) is 5.85. The zero-order valence-corrected chi connectivity index (χ0v) is 12.3. The molecule has 0 aliphatic rings. The summed E-state index contributed by atoms with van der Waals surface area (Å²) in [6.07, 6.45) is 0.873. The van der Waals surface area contributed by atoms with E-state index in [2.05, 4.69) is 34.8 Å². The Hall–Kier alpha value is -0.880. The van der Waals surface area contributed by atoms with Gasteiger partial charge in [-0.2, -0.15) is 0 Å². The molecule has 0 bridgehead atoms. The Balaban J connectivity index is 1.81. The molecule has 0 saturated carbocycles. The molecule has 4 heteroatoms. The predicted octanol–water partition coefficient (Wildman–Crippen LogP) is 3.74. The zero-order chi connectivity index (χ0) is 13.0. The van der Waals surface area contributed by atoms with Gasteiger partial charge in [-0.25, -0.2) is 4.39 Å². The van der Waals surface area contributed by atoms with Crippen LogP contribution in [0.25, 0.3) is 0 Å². The Labute approximate surface area is 120 Å². The molecule has 1 unspecified atom stereocenters. The van der Waals surface area contributed by atoms with Gasteiger partial charge in [-0.15, -0.1) is 0 Å². The van der Waals surface area contributed by atoms with E-state index in [0.717, 1.165) is 21.5 Å². The summed E-state index contributed by atoms with van der Waals surface area (Å²) >= 11 is 2.15. The van der Waals surface area contributed by atoms with Crippen molar-refractivity contribution in [3.63, 3.8) is 0 Å². The van der Waals surface area contributed by atoms with Gasteiger partial charge in [0.1, 0.15) is 11.6 Å². The molecular formula is C14H15FINO. The average molecular weight is 359 g/mol. The summed E-state index contributed by atoms with van der Waals surface area (Å²) in [5.41, 5.74) is 1.13. The molecule has 1 N–H and O–H groups in total. The summed E-state index contributed by atoms with van der Waals surface area (Å²) in [6.45, 7) is 2.82. The SMILES string of the molecule is CC(Cc1ccc(F)cc1)NCc1ccc(I)o1. The number of hydrogen-bond donors (Lipinski definition) is 1. The minimum absolute atomic E-state index is 0.190. The molecule has 96 valence electrons. The maximum absolute atomic E-state index is 12.8. The highest BCUT2D eigenvalue weighted by Crippen LogP contribution is 2.10. The molecular weight excluding hydrogens is 344 g/mol. The van der Waals surface area contributed by atoms with Gasteiger partial charge in [0.25, 0.3) is 0 Å². The van der Waals surface area contributed by atoms with Crippen LogP contribution in [0.3, 0.4) is 0 Å². The fourth-order valence-corrected chi connectivity index (χ4v) is 2.23. The Kier molecular flexibility index (Phi) is 4.77. The average Bonchev–Trinajstić information content (AvgIpc) is 2.76. The molecule has 1 aromatic carbocycles. The second kappa shape index (κ2) is 6.33. The molecule has 0 fully saturated rings. The molecule has 1 atom stereocenters. The lowest BCUT2D eigenvalue weighted by atomic mass is 10.1. The maximum Gasteiger partial charge on any atom is 0.164 e. The first-order chi connectivity index (χ1) is 8.63. The van der Waals surface area contributed by atoms with Crippen molar-refractivity contribution in [2.75, 3.05) is 0 Å². The van der Waals surface area contributed by atoms with Gasteiger partial charge in [0, 0.05) is 6.04 Å². The lowest BCUT2D eigenvalue weighted by Gasteiger charge is -2.12. The molecule has 0 aliphatic carbocycles. The maximum atomic E-state index is 12.8. The van der Waals surface area contributed by atoms with Crippen LogP contribution in [0.4, 0.5) is 4.39 Å². The van der Waals surface area contributed by atoms with Gasteiger partial charge in [-0.05, 0) is 65.8 Å². The van der Waals surface area contributed by atoms with Crippen LogP contribution in [0.2, 0.25) is 0 Å². The van der Waals surface area contributed by atoms with Crippen molar-refractivity contribution in [3.05, 3.63) is 57.3 Å². The molecule has 0 spiro atoms. The molecule has 0 saturated heterocycles. The second-order valence-electron chi connectivity index (χ2n) is 4.32. The highest BCUT2D eigenvalue weighted by Gasteiger charge is 2.05. The van der Waals surface area contributed by atoms with E-state index in [-0.39, 0.29) is 5.82 Å². The van der Waals surface area contributed by atoms with Crippen molar-refractivity contribution < 1.29 is 8.81 Å².